The number of hydrogen-bond donors (Lipinski definition) is 3. The van der Waals surface area contributed by atoms with Gasteiger partial charge in [0.15, 0.2) is 0 Å². The van der Waals surface area contributed by atoms with Crippen LogP contribution in [0.25, 0.3) is 0 Å². The molecular weight excluding hydrogens is 262 g/mol. The van der Waals surface area contributed by atoms with Crippen LogP contribution in [0.2, 0.25) is 0 Å². The fourth-order valence-corrected chi connectivity index (χ4v) is 3.31. The monoisotopic (exact) mass is 287 g/mol. The van der Waals surface area contributed by atoms with Crippen LogP contribution in [-0.2, 0) is 16.6 Å². The molecule has 1 aromatic heterocycles. The van der Waals surface area contributed by atoms with Gasteiger partial charge in [0.25, 0.3) is 0 Å². The lowest BCUT2D eigenvalue weighted by molar-refractivity contribution is 0.289. The lowest BCUT2D eigenvalue weighted by atomic mass is 9.86. The van der Waals surface area contributed by atoms with Crippen molar-refractivity contribution in [1.82, 2.24) is 9.71 Å². The van der Waals surface area contributed by atoms with E-state index in [1.54, 1.807) is 6.07 Å². The maximum Gasteiger partial charge on any atom is 0.242 e. The lowest BCUT2D eigenvalue weighted by Gasteiger charge is -2.24. The average molecular weight is 287 g/mol. The van der Waals surface area contributed by atoms with Gasteiger partial charge in [0, 0.05) is 25.0 Å². The Labute approximate surface area is 116 Å². The van der Waals surface area contributed by atoms with Gasteiger partial charge in [-0.15, -0.1) is 0 Å². The number of hydrogen-bond acceptors (Lipinski definition) is 3. The molecule has 19 heavy (non-hydrogen) atoms. The van der Waals surface area contributed by atoms with Crippen LogP contribution in [0.5, 0.6) is 0 Å². The zero-order valence-corrected chi connectivity index (χ0v) is 12.9. The largest absolute Gasteiger partial charge is 0.363 e. The summed E-state index contributed by atoms with van der Waals surface area (Å²) in [7, 11) is -3.45. The molecule has 0 aliphatic heterocycles. The molecule has 0 unspecified atom stereocenters. The Morgan fingerprint density at radius 3 is 2.26 bits per heavy atom. The highest BCUT2D eigenvalue weighted by molar-refractivity contribution is 7.89. The molecule has 0 spiro atoms. The zero-order valence-electron chi connectivity index (χ0n) is 12.1. The lowest BCUT2D eigenvalue weighted by Crippen LogP contribution is -2.33. The summed E-state index contributed by atoms with van der Waals surface area (Å²) in [5.74, 6) is 1.20. The minimum Gasteiger partial charge on any atom is -0.363 e. The fourth-order valence-electron chi connectivity index (χ4n) is 2.22. The molecule has 0 atom stereocenters. The Morgan fingerprint density at radius 1 is 1.26 bits per heavy atom. The molecule has 0 saturated heterocycles. The Morgan fingerprint density at radius 2 is 1.84 bits per heavy atom. The standard InChI is InChI=1S/C13H25N3O2S/c1-9(2)13(10(3)4)8-16-19(17,18)12-5-11(6-14)15-7-12/h5,7,9-10,13,15-16H,6,8,14H2,1-4H3. The van der Waals surface area contributed by atoms with E-state index in [1.807, 2.05) is 0 Å². The topological polar surface area (TPSA) is 88.0 Å². The third-order valence-corrected chi connectivity index (χ3v) is 4.87. The maximum absolute atomic E-state index is 12.1. The van der Waals surface area contributed by atoms with E-state index in [0.29, 0.717) is 36.5 Å². The van der Waals surface area contributed by atoms with Crippen LogP contribution in [0.4, 0.5) is 0 Å². The first-order chi connectivity index (χ1) is 8.77. The second-order valence-corrected chi connectivity index (χ2v) is 7.34. The van der Waals surface area contributed by atoms with Crippen molar-refractivity contribution in [2.75, 3.05) is 6.54 Å². The van der Waals surface area contributed by atoms with Gasteiger partial charge in [0.2, 0.25) is 10.0 Å². The number of aromatic amines is 1. The van der Waals surface area contributed by atoms with Gasteiger partial charge < -0.3 is 10.7 Å². The predicted octanol–water partition coefficient (Wildman–Crippen LogP) is 1.68. The number of aromatic nitrogens is 1. The Balaban J connectivity index is 2.74. The second kappa shape index (κ2) is 6.54. The molecule has 0 radical (unpaired) electrons. The van der Waals surface area contributed by atoms with Crippen molar-refractivity contribution in [1.29, 1.82) is 0 Å². The van der Waals surface area contributed by atoms with Gasteiger partial charge in [-0.25, -0.2) is 13.1 Å². The highest BCUT2D eigenvalue weighted by Crippen LogP contribution is 2.20. The van der Waals surface area contributed by atoms with Crippen molar-refractivity contribution < 1.29 is 8.42 Å². The first kappa shape index (κ1) is 16.2. The minimum atomic E-state index is -3.45. The third-order valence-electron chi connectivity index (χ3n) is 3.47. The third kappa shape index (κ3) is 4.33. The molecule has 6 heteroatoms. The zero-order chi connectivity index (χ0) is 14.6. The summed E-state index contributed by atoms with van der Waals surface area (Å²) in [4.78, 5) is 3.10. The molecule has 0 amide bonds. The highest BCUT2D eigenvalue weighted by Gasteiger charge is 2.22. The van der Waals surface area contributed by atoms with E-state index < -0.39 is 10.0 Å². The number of nitrogens with one attached hydrogen (secondary N) is 2. The van der Waals surface area contributed by atoms with Crippen LogP contribution < -0.4 is 10.5 Å². The first-order valence-electron chi connectivity index (χ1n) is 6.65. The normalized spacial score (nSPS) is 12.8. The molecule has 1 aromatic rings. The van der Waals surface area contributed by atoms with Gasteiger partial charge in [0.05, 0.1) is 4.90 Å². The average Bonchev–Trinajstić information content (AvgIpc) is 2.77. The first-order valence-corrected chi connectivity index (χ1v) is 8.13. The summed E-state index contributed by atoms with van der Waals surface area (Å²) in [5.41, 5.74) is 6.17. The van der Waals surface area contributed by atoms with Gasteiger partial charge in [-0.2, -0.15) is 0 Å². The predicted molar refractivity (Wildman–Crippen MR) is 77.0 cm³/mol. The van der Waals surface area contributed by atoms with Crippen LogP contribution in [0.15, 0.2) is 17.2 Å². The summed E-state index contributed by atoms with van der Waals surface area (Å²) >= 11 is 0. The summed E-state index contributed by atoms with van der Waals surface area (Å²) < 4.78 is 27.0. The molecule has 110 valence electrons. The van der Waals surface area contributed by atoms with E-state index in [2.05, 4.69) is 37.4 Å². The van der Waals surface area contributed by atoms with E-state index in [0.717, 1.165) is 0 Å². The smallest absolute Gasteiger partial charge is 0.242 e. The van der Waals surface area contributed by atoms with Gasteiger partial charge in [-0.05, 0) is 23.8 Å². The van der Waals surface area contributed by atoms with Crippen LogP contribution in [0.3, 0.4) is 0 Å². The number of H-pyrrole nitrogens is 1. The fraction of sp³-hybridized carbons (Fsp3) is 0.692. The number of rotatable bonds is 7. The van der Waals surface area contributed by atoms with Crippen molar-refractivity contribution in [3.05, 3.63) is 18.0 Å². The Bertz CT molecular complexity index is 484. The van der Waals surface area contributed by atoms with E-state index in [1.165, 1.54) is 6.20 Å². The molecule has 0 aromatic carbocycles. The summed E-state index contributed by atoms with van der Waals surface area (Å²) in [6.07, 6.45) is 1.48. The maximum atomic E-state index is 12.1. The molecule has 4 N–H and O–H groups in total. The van der Waals surface area contributed by atoms with E-state index in [4.69, 9.17) is 5.73 Å². The minimum absolute atomic E-state index is 0.249. The quantitative estimate of drug-likeness (QED) is 0.713. The number of nitrogens with two attached hydrogens (primary N) is 1. The second-order valence-electron chi connectivity index (χ2n) is 5.57. The van der Waals surface area contributed by atoms with Crippen molar-refractivity contribution in [2.24, 2.45) is 23.5 Å². The molecule has 0 aliphatic rings. The van der Waals surface area contributed by atoms with E-state index >= 15 is 0 Å². The molecule has 1 rings (SSSR count). The van der Waals surface area contributed by atoms with Crippen molar-refractivity contribution >= 4 is 10.0 Å². The molecule has 0 aliphatic carbocycles. The van der Waals surface area contributed by atoms with Gasteiger partial charge in [-0.3, -0.25) is 0 Å². The molecule has 0 saturated carbocycles. The molecule has 0 bridgehead atoms. The van der Waals surface area contributed by atoms with Crippen LogP contribution in [0.1, 0.15) is 33.4 Å². The highest BCUT2D eigenvalue weighted by atomic mass is 32.2. The summed E-state index contributed by atoms with van der Waals surface area (Å²) in [6, 6.07) is 1.57. The van der Waals surface area contributed by atoms with Gasteiger partial charge in [-0.1, -0.05) is 27.7 Å². The van der Waals surface area contributed by atoms with Crippen LogP contribution in [0, 0.1) is 17.8 Å². The molecule has 0 fully saturated rings. The van der Waals surface area contributed by atoms with Crippen molar-refractivity contribution in [2.45, 2.75) is 39.1 Å². The Hall–Kier alpha value is -0.850. The molecule has 5 nitrogen and oxygen atoms in total. The molecule has 1 heterocycles. The van der Waals surface area contributed by atoms with Crippen molar-refractivity contribution in [3.63, 3.8) is 0 Å². The summed E-state index contributed by atoms with van der Waals surface area (Å²) in [6.45, 7) is 9.21. The summed E-state index contributed by atoms with van der Waals surface area (Å²) in [5, 5.41) is 0. The van der Waals surface area contributed by atoms with E-state index in [9.17, 15) is 8.42 Å². The van der Waals surface area contributed by atoms with Gasteiger partial charge >= 0.3 is 0 Å². The van der Waals surface area contributed by atoms with E-state index in [-0.39, 0.29) is 4.90 Å². The SMILES string of the molecule is CC(C)C(CNS(=O)(=O)c1c[nH]c(CN)c1)C(C)C. The van der Waals surface area contributed by atoms with Crippen LogP contribution >= 0.6 is 0 Å². The van der Waals surface area contributed by atoms with Crippen molar-refractivity contribution in [3.8, 4) is 0 Å². The Kier molecular flexibility index (Phi) is 5.58. The molecular formula is C13H25N3O2S. The van der Waals surface area contributed by atoms with Gasteiger partial charge in [0.1, 0.15) is 0 Å². The van der Waals surface area contributed by atoms with Crippen LogP contribution in [-0.4, -0.2) is 19.9 Å². The number of sulfonamides is 1.